The van der Waals surface area contributed by atoms with Gasteiger partial charge in [0.05, 0.1) is 24.8 Å². The van der Waals surface area contributed by atoms with Gasteiger partial charge in [-0.25, -0.2) is 0 Å². The van der Waals surface area contributed by atoms with E-state index in [0.717, 1.165) is 0 Å². The zero-order chi connectivity index (χ0) is 13.8. The molecule has 0 bridgehead atoms. The Morgan fingerprint density at radius 3 is 2.32 bits per heavy atom. The number of carbonyl (C=O) groups excluding carboxylic acids is 3. The Labute approximate surface area is 110 Å². The van der Waals surface area contributed by atoms with Crippen molar-refractivity contribution in [2.45, 2.75) is 0 Å². The van der Waals surface area contributed by atoms with Gasteiger partial charge in [-0.3, -0.25) is 19.3 Å². The largest absolute Gasteiger partial charge is 0.468 e. The maximum absolute atomic E-state index is 12.0. The number of rotatable bonds is 5. The average Bonchev–Trinajstić information content (AvgIpc) is 2.68. The summed E-state index contributed by atoms with van der Waals surface area (Å²) >= 11 is 0. The molecule has 0 unspecified atom stereocenters. The van der Waals surface area contributed by atoms with Crippen LogP contribution in [0.5, 0.6) is 0 Å². The molecule has 2 amide bonds. The summed E-state index contributed by atoms with van der Waals surface area (Å²) in [5, 5.41) is 2.81. The number of nitrogens with zero attached hydrogens (tertiary/aromatic N) is 1. The van der Waals surface area contributed by atoms with Crippen molar-refractivity contribution < 1.29 is 19.1 Å². The first-order valence-corrected chi connectivity index (χ1v) is 5.88. The van der Waals surface area contributed by atoms with Gasteiger partial charge in [0.25, 0.3) is 11.8 Å². The number of carbonyl (C=O) groups is 3. The fourth-order valence-corrected chi connectivity index (χ4v) is 1.90. The number of hydrogen-bond acceptors (Lipinski definition) is 5. The summed E-state index contributed by atoms with van der Waals surface area (Å²) in [6.45, 7) is 0.629. The Balaban J connectivity index is 1.92. The Morgan fingerprint density at radius 1 is 1.21 bits per heavy atom. The van der Waals surface area contributed by atoms with Gasteiger partial charge in [-0.15, -0.1) is 0 Å². The SMILES string of the molecule is COC(=O)CNCCN1C(=O)c2ccccc2C1=O. The molecule has 1 aliphatic heterocycles. The van der Waals surface area contributed by atoms with Gasteiger partial charge in [0.2, 0.25) is 0 Å². The van der Waals surface area contributed by atoms with Crippen molar-refractivity contribution in [2.75, 3.05) is 26.7 Å². The first kappa shape index (κ1) is 13.2. The summed E-state index contributed by atoms with van der Waals surface area (Å²) in [5.74, 6) is -0.969. The molecule has 0 spiro atoms. The molecule has 1 N–H and O–H groups in total. The minimum Gasteiger partial charge on any atom is -0.468 e. The number of nitrogens with one attached hydrogen (secondary N) is 1. The van der Waals surface area contributed by atoms with Crippen LogP contribution in [-0.4, -0.2) is 49.4 Å². The number of esters is 1. The Morgan fingerprint density at radius 2 is 1.79 bits per heavy atom. The molecule has 2 rings (SSSR count). The van der Waals surface area contributed by atoms with Crippen LogP contribution in [-0.2, 0) is 9.53 Å². The molecule has 0 saturated heterocycles. The highest BCUT2D eigenvalue weighted by atomic mass is 16.5. The van der Waals surface area contributed by atoms with Crippen molar-refractivity contribution in [1.82, 2.24) is 10.2 Å². The van der Waals surface area contributed by atoms with E-state index in [9.17, 15) is 14.4 Å². The molecular weight excluding hydrogens is 248 g/mol. The minimum atomic E-state index is -0.387. The molecule has 0 aromatic heterocycles. The van der Waals surface area contributed by atoms with Crippen molar-refractivity contribution in [3.8, 4) is 0 Å². The predicted octanol–water partition coefficient (Wildman–Crippen LogP) is 0.0452. The number of benzene rings is 1. The van der Waals surface area contributed by atoms with Crippen LogP contribution in [0.1, 0.15) is 20.7 Å². The molecular formula is C13H14N2O4. The van der Waals surface area contributed by atoms with Crippen LogP contribution in [0, 0.1) is 0 Å². The fraction of sp³-hybridized carbons (Fsp3) is 0.308. The summed E-state index contributed by atoms with van der Waals surface area (Å²) in [6, 6.07) is 6.72. The first-order valence-electron chi connectivity index (χ1n) is 5.88. The quantitative estimate of drug-likeness (QED) is 0.461. The van der Waals surface area contributed by atoms with Gasteiger partial charge in [0, 0.05) is 13.1 Å². The van der Waals surface area contributed by atoms with Crippen molar-refractivity contribution in [3.63, 3.8) is 0 Å². The van der Waals surface area contributed by atoms with E-state index in [1.165, 1.54) is 12.0 Å². The third-order valence-corrected chi connectivity index (χ3v) is 2.89. The molecule has 1 aromatic rings. The van der Waals surface area contributed by atoms with Crippen molar-refractivity contribution in [1.29, 1.82) is 0 Å². The van der Waals surface area contributed by atoms with E-state index >= 15 is 0 Å². The molecule has 0 atom stereocenters. The van der Waals surface area contributed by atoms with Gasteiger partial charge in [-0.2, -0.15) is 0 Å². The van der Waals surface area contributed by atoms with E-state index in [2.05, 4.69) is 10.1 Å². The second kappa shape index (κ2) is 5.62. The summed E-state index contributed by atoms with van der Waals surface area (Å²) in [4.78, 5) is 36.0. The maximum Gasteiger partial charge on any atom is 0.319 e. The van der Waals surface area contributed by atoms with Crippen LogP contribution in [0.2, 0.25) is 0 Å². The van der Waals surface area contributed by atoms with Crippen LogP contribution >= 0.6 is 0 Å². The highest BCUT2D eigenvalue weighted by Crippen LogP contribution is 2.21. The lowest BCUT2D eigenvalue weighted by Crippen LogP contribution is -2.37. The minimum absolute atomic E-state index is 0.0552. The van der Waals surface area contributed by atoms with Crippen LogP contribution in [0.4, 0.5) is 0 Å². The third-order valence-electron chi connectivity index (χ3n) is 2.89. The predicted molar refractivity (Wildman–Crippen MR) is 66.7 cm³/mol. The smallest absolute Gasteiger partial charge is 0.319 e. The van der Waals surface area contributed by atoms with Crippen LogP contribution < -0.4 is 5.32 Å². The van der Waals surface area contributed by atoms with Crippen molar-refractivity contribution in [3.05, 3.63) is 35.4 Å². The highest BCUT2D eigenvalue weighted by Gasteiger charge is 2.34. The lowest BCUT2D eigenvalue weighted by atomic mass is 10.1. The van der Waals surface area contributed by atoms with E-state index in [1.807, 2.05) is 0 Å². The van der Waals surface area contributed by atoms with Gasteiger partial charge in [-0.05, 0) is 12.1 Å². The van der Waals surface area contributed by atoms with Gasteiger partial charge in [-0.1, -0.05) is 12.1 Å². The Bertz CT molecular complexity index is 492. The number of amides is 2. The molecule has 6 heteroatoms. The zero-order valence-electron chi connectivity index (χ0n) is 10.5. The lowest BCUT2D eigenvalue weighted by molar-refractivity contribution is -0.139. The summed E-state index contributed by atoms with van der Waals surface area (Å²) in [7, 11) is 1.30. The van der Waals surface area contributed by atoms with Gasteiger partial charge in [0.15, 0.2) is 0 Å². The monoisotopic (exact) mass is 262 g/mol. The van der Waals surface area contributed by atoms with Crippen molar-refractivity contribution in [2.24, 2.45) is 0 Å². The summed E-state index contributed by atoms with van der Waals surface area (Å²) in [5.41, 5.74) is 0.862. The third kappa shape index (κ3) is 2.63. The number of fused-ring (bicyclic) bond motifs is 1. The number of hydrogen-bond donors (Lipinski definition) is 1. The normalized spacial score (nSPS) is 13.6. The summed E-state index contributed by atoms with van der Waals surface area (Å²) in [6.07, 6.45) is 0. The molecule has 0 saturated carbocycles. The molecule has 0 radical (unpaired) electrons. The molecule has 1 aromatic carbocycles. The molecule has 6 nitrogen and oxygen atoms in total. The van der Waals surface area contributed by atoms with Crippen LogP contribution in [0.25, 0.3) is 0 Å². The zero-order valence-corrected chi connectivity index (χ0v) is 10.5. The summed E-state index contributed by atoms with van der Waals surface area (Å²) < 4.78 is 4.47. The van der Waals surface area contributed by atoms with Gasteiger partial charge in [0.1, 0.15) is 0 Å². The van der Waals surface area contributed by atoms with E-state index in [1.54, 1.807) is 24.3 Å². The van der Waals surface area contributed by atoms with E-state index < -0.39 is 0 Å². The molecule has 100 valence electrons. The molecule has 1 aliphatic rings. The number of imide groups is 1. The molecule has 0 aliphatic carbocycles. The first-order chi connectivity index (χ1) is 9.15. The fourth-order valence-electron chi connectivity index (χ4n) is 1.90. The van der Waals surface area contributed by atoms with E-state index in [4.69, 9.17) is 0 Å². The average molecular weight is 262 g/mol. The Hall–Kier alpha value is -2.21. The lowest BCUT2D eigenvalue weighted by Gasteiger charge is -2.13. The molecule has 19 heavy (non-hydrogen) atoms. The Kier molecular flexibility index (Phi) is 3.91. The van der Waals surface area contributed by atoms with Crippen molar-refractivity contribution >= 4 is 17.8 Å². The number of ether oxygens (including phenoxy) is 1. The standard InChI is InChI=1S/C13H14N2O4/c1-19-11(16)8-14-6-7-15-12(17)9-4-2-3-5-10(9)13(15)18/h2-5,14H,6-8H2,1H3. The topological polar surface area (TPSA) is 75.7 Å². The maximum atomic E-state index is 12.0. The number of methoxy groups -OCH3 is 1. The molecule has 1 heterocycles. The second-order valence-corrected chi connectivity index (χ2v) is 4.06. The van der Waals surface area contributed by atoms with Crippen LogP contribution in [0.15, 0.2) is 24.3 Å². The molecule has 0 fully saturated rings. The van der Waals surface area contributed by atoms with E-state index in [0.29, 0.717) is 17.7 Å². The second-order valence-electron chi connectivity index (χ2n) is 4.06. The van der Waals surface area contributed by atoms with Gasteiger partial charge >= 0.3 is 5.97 Å². The van der Waals surface area contributed by atoms with Gasteiger partial charge < -0.3 is 10.1 Å². The van der Waals surface area contributed by atoms with E-state index in [-0.39, 0.29) is 30.9 Å². The van der Waals surface area contributed by atoms with Crippen LogP contribution in [0.3, 0.4) is 0 Å². The highest BCUT2D eigenvalue weighted by molar-refractivity contribution is 6.21.